The van der Waals surface area contributed by atoms with Gasteiger partial charge in [-0.3, -0.25) is 9.00 Å². The zero-order valence-electron chi connectivity index (χ0n) is 10.2. The number of hydrogen-bond donors (Lipinski definition) is 2. The molecule has 2 unspecified atom stereocenters. The topological polar surface area (TPSA) is 66.4 Å². The quantitative estimate of drug-likeness (QED) is 0.849. The zero-order valence-corrected chi connectivity index (χ0v) is 11.0. The number of amides is 1. The maximum absolute atomic E-state index is 11.8. The summed E-state index contributed by atoms with van der Waals surface area (Å²) in [4.78, 5) is 11.8. The van der Waals surface area contributed by atoms with Gasteiger partial charge in [0.25, 0.3) is 5.91 Å². The fourth-order valence-corrected chi connectivity index (χ4v) is 1.61. The first kappa shape index (κ1) is 13.7. The van der Waals surface area contributed by atoms with Crippen molar-refractivity contribution in [3.63, 3.8) is 0 Å². The summed E-state index contributed by atoms with van der Waals surface area (Å²) in [6.45, 7) is 3.86. The van der Waals surface area contributed by atoms with Crippen LogP contribution in [0.5, 0.6) is 5.75 Å². The number of phenols is 1. The number of hydrogen-bond acceptors (Lipinski definition) is 3. The zero-order chi connectivity index (χ0) is 13.0. The Morgan fingerprint density at radius 2 is 2.18 bits per heavy atom. The van der Waals surface area contributed by atoms with Crippen LogP contribution in [-0.4, -0.2) is 33.3 Å². The molecule has 0 aromatic heterocycles. The molecule has 0 radical (unpaired) electrons. The minimum absolute atomic E-state index is 0.00438. The second kappa shape index (κ2) is 5.82. The lowest BCUT2D eigenvalue weighted by Crippen LogP contribution is -2.32. The highest BCUT2D eigenvalue weighted by atomic mass is 32.2. The monoisotopic (exact) mass is 255 g/mol. The maximum atomic E-state index is 11.8. The van der Waals surface area contributed by atoms with E-state index in [0.717, 1.165) is 0 Å². The highest BCUT2D eigenvalue weighted by Crippen LogP contribution is 2.20. The lowest BCUT2D eigenvalue weighted by molar-refractivity contribution is 0.0951. The van der Waals surface area contributed by atoms with Crippen molar-refractivity contribution in [3.8, 4) is 5.75 Å². The van der Waals surface area contributed by atoms with Crippen LogP contribution in [-0.2, 0) is 10.8 Å². The lowest BCUT2D eigenvalue weighted by Gasteiger charge is -2.11. The van der Waals surface area contributed by atoms with E-state index in [1.807, 2.05) is 0 Å². The van der Waals surface area contributed by atoms with Crippen molar-refractivity contribution in [3.05, 3.63) is 29.3 Å². The maximum Gasteiger partial charge on any atom is 0.255 e. The van der Waals surface area contributed by atoms with Crippen LogP contribution >= 0.6 is 0 Å². The summed E-state index contributed by atoms with van der Waals surface area (Å²) >= 11 is 0. The molecule has 2 N–H and O–H groups in total. The number of phenolic OH excluding ortho intramolecular Hbond substituents is 1. The smallest absolute Gasteiger partial charge is 0.255 e. The molecule has 0 saturated carbocycles. The molecule has 1 rings (SSSR count). The number of benzene rings is 1. The summed E-state index contributed by atoms with van der Waals surface area (Å²) in [5, 5.41) is 12.3. The Morgan fingerprint density at radius 1 is 1.53 bits per heavy atom. The van der Waals surface area contributed by atoms with Crippen LogP contribution in [0.4, 0.5) is 0 Å². The Labute approximate surface area is 104 Å². The van der Waals surface area contributed by atoms with E-state index in [9.17, 15) is 14.1 Å². The van der Waals surface area contributed by atoms with Gasteiger partial charge in [-0.15, -0.1) is 0 Å². The van der Waals surface area contributed by atoms with Crippen molar-refractivity contribution in [2.24, 2.45) is 0 Å². The van der Waals surface area contributed by atoms with E-state index in [1.165, 1.54) is 0 Å². The summed E-state index contributed by atoms with van der Waals surface area (Å²) in [6.07, 6.45) is 1.60. The Bertz CT molecular complexity index is 445. The predicted molar refractivity (Wildman–Crippen MR) is 68.7 cm³/mol. The van der Waals surface area contributed by atoms with Crippen molar-refractivity contribution in [2.75, 3.05) is 12.8 Å². The molecule has 4 nitrogen and oxygen atoms in total. The van der Waals surface area contributed by atoms with Gasteiger partial charge in [-0.2, -0.15) is 0 Å². The van der Waals surface area contributed by atoms with Gasteiger partial charge in [0.1, 0.15) is 5.75 Å². The predicted octanol–water partition coefficient (Wildman–Crippen LogP) is 1.20. The van der Waals surface area contributed by atoms with Gasteiger partial charge in [-0.05, 0) is 25.5 Å². The third-order valence-corrected chi connectivity index (χ3v) is 3.90. The van der Waals surface area contributed by atoms with Crippen LogP contribution in [0.1, 0.15) is 22.8 Å². The molecule has 1 amide bonds. The molecule has 2 atom stereocenters. The molecule has 5 heteroatoms. The molecule has 94 valence electrons. The van der Waals surface area contributed by atoms with Crippen LogP contribution < -0.4 is 5.32 Å². The molecule has 0 bridgehead atoms. The average molecular weight is 255 g/mol. The summed E-state index contributed by atoms with van der Waals surface area (Å²) in [5.41, 5.74) is 0.906. The van der Waals surface area contributed by atoms with Crippen molar-refractivity contribution in [2.45, 2.75) is 19.1 Å². The molecule has 1 aromatic rings. The molecule has 0 fully saturated rings. The standard InChI is InChI=1S/C12H17NO3S/c1-8-5-4-6-10(11(8)14)12(15)13-7-9(2)17(3)16/h4-6,9,14H,7H2,1-3H3,(H,13,15). The molecule has 0 spiro atoms. The summed E-state index contributed by atoms with van der Waals surface area (Å²) in [5.74, 6) is -0.348. The van der Waals surface area contributed by atoms with Gasteiger partial charge in [0.2, 0.25) is 0 Å². The van der Waals surface area contributed by atoms with Crippen LogP contribution in [0.2, 0.25) is 0 Å². The van der Waals surface area contributed by atoms with Crippen LogP contribution in [0.25, 0.3) is 0 Å². The molecule has 0 heterocycles. The second-order valence-corrected chi connectivity index (χ2v) is 5.79. The van der Waals surface area contributed by atoms with Gasteiger partial charge in [-0.1, -0.05) is 12.1 Å². The second-order valence-electron chi connectivity index (χ2n) is 3.99. The third-order valence-electron chi connectivity index (χ3n) is 2.60. The van der Waals surface area contributed by atoms with Gasteiger partial charge in [0, 0.05) is 28.9 Å². The largest absolute Gasteiger partial charge is 0.507 e. The number of carbonyl (C=O) groups is 1. The van der Waals surface area contributed by atoms with Crippen molar-refractivity contribution < 1.29 is 14.1 Å². The fourth-order valence-electron chi connectivity index (χ4n) is 1.29. The molecule has 0 aliphatic carbocycles. The van der Waals surface area contributed by atoms with Crippen molar-refractivity contribution >= 4 is 16.7 Å². The molecule has 1 aromatic carbocycles. The highest BCUT2D eigenvalue weighted by Gasteiger charge is 2.14. The van der Waals surface area contributed by atoms with E-state index in [0.29, 0.717) is 12.1 Å². The fraction of sp³-hybridized carbons (Fsp3) is 0.417. The molecular weight excluding hydrogens is 238 g/mol. The number of nitrogens with one attached hydrogen (secondary N) is 1. The van der Waals surface area contributed by atoms with E-state index in [2.05, 4.69) is 5.32 Å². The normalized spacial score (nSPS) is 14.1. The SMILES string of the molecule is Cc1cccc(C(=O)NCC(C)S(C)=O)c1O. The number of carbonyl (C=O) groups excluding carboxylic acids is 1. The molecule has 0 aliphatic heterocycles. The molecule has 17 heavy (non-hydrogen) atoms. The van der Waals surface area contributed by atoms with Gasteiger partial charge in [-0.25, -0.2) is 0 Å². The molecular formula is C12H17NO3S. The van der Waals surface area contributed by atoms with Gasteiger partial charge in [0.05, 0.1) is 5.56 Å². The lowest BCUT2D eigenvalue weighted by atomic mass is 10.1. The first-order valence-electron chi connectivity index (χ1n) is 5.32. The molecule has 0 aliphatic rings. The first-order valence-corrected chi connectivity index (χ1v) is 6.94. The number of aryl methyl sites for hydroxylation is 1. The molecule has 0 saturated heterocycles. The van der Waals surface area contributed by atoms with E-state index in [-0.39, 0.29) is 22.5 Å². The first-order chi connectivity index (χ1) is 7.93. The van der Waals surface area contributed by atoms with E-state index < -0.39 is 10.8 Å². The minimum atomic E-state index is -0.970. The number of rotatable bonds is 4. The Kier molecular flexibility index (Phi) is 4.69. The van der Waals surface area contributed by atoms with Crippen LogP contribution in [0, 0.1) is 6.92 Å². The van der Waals surface area contributed by atoms with E-state index in [1.54, 1.807) is 38.3 Å². The van der Waals surface area contributed by atoms with E-state index in [4.69, 9.17) is 0 Å². The van der Waals surface area contributed by atoms with E-state index >= 15 is 0 Å². The Morgan fingerprint density at radius 3 is 2.76 bits per heavy atom. The summed E-state index contributed by atoms with van der Waals surface area (Å²) in [6, 6.07) is 5.01. The summed E-state index contributed by atoms with van der Waals surface area (Å²) < 4.78 is 11.1. The van der Waals surface area contributed by atoms with Crippen LogP contribution in [0.15, 0.2) is 18.2 Å². The number of para-hydroxylation sites is 1. The Hall–Kier alpha value is -1.36. The van der Waals surface area contributed by atoms with Crippen LogP contribution in [0.3, 0.4) is 0 Å². The highest BCUT2D eigenvalue weighted by molar-refractivity contribution is 7.84. The van der Waals surface area contributed by atoms with Gasteiger partial charge < -0.3 is 10.4 Å². The summed E-state index contributed by atoms with van der Waals surface area (Å²) in [7, 11) is -0.970. The van der Waals surface area contributed by atoms with Gasteiger partial charge in [0.15, 0.2) is 0 Å². The average Bonchev–Trinajstić information content (AvgIpc) is 2.29. The van der Waals surface area contributed by atoms with Crippen molar-refractivity contribution in [1.82, 2.24) is 5.32 Å². The van der Waals surface area contributed by atoms with Gasteiger partial charge >= 0.3 is 0 Å². The third kappa shape index (κ3) is 3.56. The van der Waals surface area contributed by atoms with Crippen molar-refractivity contribution in [1.29, 1.82) is 0 Å². The Balaban J connectivity index is 2.71. The number of aromatic hydroxyl groups is 1. The minimum Gasteiger partial charge on any atom is -0.507 e.